The maximum atomic E-state index is 4.80. The zero-order valence-electron chi connectivity index (χ0n) is 18.8. The lowest BCUT2D eigenvalue weighted by molar-refractivity contribution is 0.352. The highest BCUT2D eigenvalue weighted by Crippen LogP contribution is 2.26. The molecule has 1 fully saturated rings. The van der Waals surface area contributed by atoms with Crippen molar-refractivity contribution in [3.05, 3.63) is 66.4 Å². The molecule has 0 bridgehead atoms. The third-order valence-electron chi connectivity index (χ3n) is 6.31. The predicted octanol–water partition coefficient (Wildman–Crippen LogP) is 5.39. The van der Waals surface area contributed by atoms with Crippen LogP contribution in [0.15, 0.2) is 60.8 Å². The van der Waals surface area contributed by atoms with Gasteiger partial charge < -0.3 is 15.5 Å². The van der Waals surface area contributed by atoms with Crippen LogP contribution in [0.4, 0.5) is 11.8 Å². The highest BCUT2D eigenvalue weighted by atomic mass is 15.2. The zero-order valence-corrected chi connectivity index (χ0v) is 18.8. The average molecular weight is 443 g/mol. The van der Waals surface area contributed by atoms with Gasteiger partial charge in [-0.05, 0) is 55.5 Å². The van der Waals surface area contributed by atoms with E-state index in [2.05, 4.69) is 56.9 Å². The third kappa shape index (κ3) is 5.22. The number of aromatic nitrogens is 3. The minimum Gasteiger partial charge on any atom is -0.362 e. The quantitative estimate of drug-likeness (QED) is 0.417. The van der Waals surface area contributed by atoms with Crippen LogP contribution >= 0.6 is 0 Å². The molecule has 5 rings (SSSR count). The Hall–Kier alpha value is -3.25. The van der Waals surface area contributed by atoms with Gasteiger partial charge in [-0.3, -0.25) is 4.98 Å². The molecule has 33 heavy (non-hydrogen) atoms. The molecule has 2 heterocycles. The van der Waals surface area contributed by atoms with Crippen LogP contribution in [0.3, 0.4) is 0 Å². The molecule has 0 unspecified atom stereocenters. The lowest BCUT2D eigenvalue weighted by Gasteiger charge is -2.30. The Morgan fingerprint density at radius 2 is 1.58 bits per heavy atom. The van der Waals surface area contributed by atoms with Gasteiger partial charge in [0.1, 0.15) is 5.82 Å². The van der Waals surface area contributed by atoms with Gasteiger partial charge >= 0.3 is 0 Å². The summed E-state index contributed by atoms with van der Waals surface area (Å²) >= 11 is 0. The van der Waals surface area contributed by atoms with Gasteiger partial charge in [-0.2, -0.15) is 4.98 Å². The average Bonchev–Trinajstić information content (AvgIpc) is 2.83. The molecule has 4 aromatic rings. The van der Waals surface area contributed by atoms with Crippen LogP contribution in [-0.4, -0.2) is 41.1 Å². The van der Waals surface area contributed by atoms with Crippen molar-refractivity contribution >= 4 is 33.6 Å². The van der Waals surface area contributed by atoms with Crippen molar-refractivity contribution in [1.82, 2.24) is 20.3 Å². The highest BCUT2D eigenvalue weighted by Gasteiger charge is 2.22. The molecule has 0 radical (unpaired) electrons. The molecule has 2 aromatic carbocycles. The molecule has 0 amide bonds. The predicted molar refractivity (Wildman–Crippen MR) is 139 cm³/mol. The summed E-state index contributed by atoms with van der Waals surface area (Å²) in [7, 11) is 4.06. The normalized spacial score (nSPS) is 18.1. The molecule has 0 saturated heterocycles. The van der Waals surface area contributed by atoms with Gasteiger partial charge in [0.15, 0.2) is 0 Å². The van der Waals surface area contributed by atoms with Gasteiger partial charge in [0.05, 0.1) is 11.0 Å². The lowest BCUT2D eigenvalue weighted by Crippen LogP contribution is -2.37. The first-order valence-corrected chi connectivity index (χ1v) is 11.4. The third-order valence-corrected chi connectivity index (χ3v) is 6.31. The monoisotopic (exact) mass is 442 g/mol. The Kier molecular flexibility index (Phi) is 7.04. The minimum absolute atomic E-state index is 0. The van der Waals surface area contributed by atoms with E-state index in [0.717, 1.165) is 60.4 Å². The Balaban J connectivity index is 0.00000259. The number of hydrogen-bond donors (Lipinski definition) is 2. The number of rotatable bonds is 6. The van der Waals surface area contributed by atoms with Gasteiger partial charge in [-0.1, -0.05) is 37.8 Å². The van der Waals surface area contributed by atoms with E-state index in [9.17, 15) is 0 Å². The molecular weight excluding hydrogens is 408 g/mol. The topological polar surface area (TPSA) is 66.0 Å². The second-order valence-corrected chi connectivity index (χ2v) is 8.89. The van der Waals surface area contributed by atoms with Gasteiger partial charge in [-0.25, -0.2) is 4.98 Å². The van der Waals surface area contributed by atoms with Gasteiger partial charge in [0.2, 0.25) is 5.95 Å². The summed E-state index contributed by atoms with van der Waals surface area (Å²) < 4.78 is 0. The molecule has 6 nitrogen and oxygen atoms in total. The van der Waals surface area contributed by atoms with E-state index in [1.165, 1.54) is 10.9 Å². The standard InChI is InChI=1S/C26H30N6.CH4/c1-32(2)25-22-8-4-6-10-24(22)30-26(31-25)29-21-13-11-20(12-14-21)27-16-18-15-19-7-3-5-9-23(19)28-17-18;/h3-10,15,17,20-21,27H,11-14,16H2,1-2H3,(H,29,30,31);1H4. The summed E-state index contributed by atoms with van der Waals surface area (Å²) in [6.45, 7) is 0.862. The number of benzene rings is 2. The van der Waals surface area contributed by atoms with Crippen molar-refractivity contribution in [2.24, 2.45) is 0 Å². The second-order valence-electron chi connectivity index (χ2n) is 8.89. The first-order valence-electron chi connectivity index (χ1n) is 11.4. The van der Waals surface area contributed by atoms with E-state index < -0.39 is 0 Å². The number of anilines is 2. The van der Waals surface area contributed by atoms with E-state index in [1.54, 1.807) is 0 Å². The maximum Gasteiger partial charge on any atom is 0.225 e. The van der Waals surface area contributed by atoms with Crippen LogP contribution in [0.1, 0.15) is 38.7 Å². The fraction of sp³-hybridized carbons (Fsp3) is 0.370. The van der Waals surface area contributed by atoms with Crippen molar-refractivity contribution in [3.63, 3.8) is 0 Å². The number of pyridine rings is 1. The second kappa shape index (κ2) is 10.1. The number of nitrogens with one attached hydrogen (secondary N) is 2. The molecule has 2 aromatic heterocycles. The Bertz CT molecular complexity index is 1210. The SMILES string of the molecule is C.CN(C)c1nc(NC2CCC(NCc3cnc4ccccc4c3)CC2)nc2ccccc12. The maximum absolute atomic E-state index is 4.80. The van der Waals surface area contributed by atoms with Crippen LogP contribution in [0.2, 0.25) is 0 Å². The van der Waals surface area contributed by atoms with Crippen LogP contribution in [0.25, 0.3) is 21.8 Å². The van der Waals surface area contributed by atoms with Crippen LogP contribution < -0.4 is 15.5 Å². The van der Waals surface area contributed by atoms with Crippen molar-refractivity contribution in [3.8, 4) is 0 Å². The summed E-state index contributed by atoms with van der Waals surface area (Å²) in [6.07, 6.45) is 6.50. The molecule has 1 saturated carbocycles. The smallest absolute Gasteiger partial charge is 0.225 e. The summed E-state index contributed by atoms with van der Waals surface area (Å²) in [4.78, 5) is 16.2. The lowest BCUT2D eigenvalue weighted by atomic mass is 9.91. The Labute approximate surface area is 196 Å². The van der Waals surface area contributed by atoms with Crippen LogP contribution in [0.5, 0.6) is 0 Å². The summed E-state index contributed by atoms with van der Waals surface area (Å²) in [6, 6.07) is 19.7. The molecule has 2 N–H and O–H groups in total. The molecule has 172 valence electrons. The first-order chi connectivity index (χ1) is 15.7. The highest BCUT2D eigenvalue weighted by molar-refractivity contribution is 5.90. The fourth-order valence-electron chi connectivity index (χ4n) is 4.57. The van der Waals surface area contributed by atoms with Crippen LogP contribution in [-0.2, 0) is 6.54 Å². The van der Waals surface area contributed by atoms with Gasteiger partial charge in [0, 0.05) is 49.7 Å². The van der Waals surface area contributed by atoms with E-state index in [4.69, 9.17) is 9.97 Å². The van der Waals surface area contributed by atoms with Crippen molar-refractivity contribution < 1.29 is 0 Å². The molecule has 0 spiro atoms. The number of hydrogen-bond acceptors (Lipinski definition) is 6. The fourth-order valence-corrected chi connectivity index (χ4v) is 4.57. The van der Waals surface area contributed by atoms with Gasteiger partial charge in [0.25, 0.3) is 0 Å². The van der Waals surface area contributed by atoms with Crippen molar-refractivity contribution in [2.45, 2.75) is 51.7 Å². The number of fused-ring (bicyclic) bond motifs is 2. The number of nitrogens with zero attached hydrogens (tertiary/aromatic N) is 4. The van der Waals surface area contributed by atoms with Crippen molar-refractivity contribution in [1.29, 1.82) is 0 Å². The Morgan fingerprint density at radius 1 is 0.879 bits per heavy atom. The summed E-state index contributed by atoms with van der Waals surface area (Å²) in [5.74, 6) is 1.68. The molecule has 0 atom stereocenters. The minimum atomic E-state index is 0. The summed E-state index contributed by atoms with van der Waals surface area (Å²) in [5, 5.41) is 9.61. The molecule has 0 aliphatic heterocycles. The zero-order chi connectivity index (χ0) is 21.9. The van der Waals surface area contributed by atoms with E-state index >= 15 is 0 Å². The van der Waals surface area contributed by atoms with E-state index in [0.29, 0.717) is 12.1 Å². The molecular formula is C27H34N6. The van der Waals surface area contributed by atoms with E-state index in [1.807, 2.05) is 38.5 Å². The van der Waals surface area contributed by atoms with Gasteiger partial charge in [-0.15, -0.1) is 0 Å². The molecule has 1 aliphatic carbocycles. The Morgan fingerprint density at radius 3 is 2.36 bits per heavy atom. The largest absolute Gasteiger partial charge is 0.362 e. The molecule has 6 heteroatoms. The van der Waals surface area contributed by atoms with E-state index in [-0.39, 0.29) is 7.43 Å². The number of para-hydroxylation sites is 2. The van der Waals surface area contributed by atoms with Crippen LogP contribution in [0, 0.1) is 0 Å². The van der Waals surface area contributed by atoms with Crippen molar-refractivity contribution in [2.75, 3.05) is 24.3 Å². The summed E-state index contributed by atoms with van der Waals surface area (Å²) in [5.41, 5.74) is 3.27. The molecule has 1 aliphatic rings. The first kappa shape index (κ1) is 22.9.